The molecule has 0 aromatic heterocycles. The molecule has 4 radical (unpaired) electrons. The van der Waals surface area contributed by atoms with E-state index in [0.29, 0.717) is 12.8 Å². The zero-order chi connectivity index (χ0) is 21.4. The van der Waals surface area contributed by atoms with Gasteiger partial charge >= 0.3 is 23.9 Å². The maximum atomic E-state index is 10.3. The van der Waals surface area contributed by atoms with Gasteiger partial charge in [-0.25, -0.2) is 0 Å². The molecule has 0 aliphatic carbocycles. The third kappa shape index (κ3) is 36.8. The Labute approximate surface area is 185 Å². The number of carboxylic acid groups (broad SMARTS) is 2. The maximum absolute atomic E-state index is 10.3. The van der Waals surface area contributed by atoms with E-state index in [2.05, 4.69) is 40.9 Å². The zero-order valence-electron chi connectivity index (χ0n) is 17.9. The molecular weight excluding hydrogens is 447 g/mol. The summed E-state index contributed by atoms with van der Waals surface area (Å²) < 4.78 is 0. The molecular formula is C22H40O4Sn. The van der Waals surface area contributed by atoms with Crippen molar-refractivity contribution in [2.75, 3.05) is 0 Å². The van der Waals surface area contributed by atoms with Gasteiger partial charge in [-0.2, -0.15) is 0 Å². The molecule has 0 saturated carbocycles. The van der Waals surface area contributed by atoms with Crippen LogP contribution in [0.2, 0.25) is 0 Å². The van der Waals surface area contributed by atoms with E-state index < -0.39 is 11.9 Å². The van der Waals surface area contributed by atoms with Crippen LogP contribution in [0.3, 0.4) is 0 Å². The molecule has 0 aliphatic heterocycles. The molecule has 0 bridgehead atoms. The Morgan fingerprint density at radius 2 is 1.00 bits per heavy atom. The molecule has 4 nitrogen and oxygen atoms in total. The van der Waals surface area contributed by atoms with Crippen LogP contribution in [0.5, 0.6) is 0 Å². The van der Waals surface area contributed by atoms with Gasteiger partial charge in [0.25, 0.3) is 0 Å². The Kier molecular flexibility index (Phi) is 45.1. The fraction of sp³-hybridized carbons (Fsp3) is 0.636. The van der Waals surface area contributed by atoms with Gasteiger partial charge in [0.15, 0.2) is 0 Å². The van der Waals surface area contributed by atoms with Crippen LogP contribution in [0.25, 0.3) is 0 Å². The molecule has 0 N–H and O–H groups in total. The normalized spacial score (nSPS) is 10.6. The van der Waals surface area contributed by atoms with Gasteiger partial charge in [-0.15, -0.1) is 13.2 Å². The van der Waals surface area contributed by atoms with Crippen LogP contribution in [0.1, 0.15) is 79.1 Å². The molecule has 0 fully saturated rings. The van der Waals surface area contributed by atoms with Crippen LogP contribution in [0, 0.1) is 25.7 Å². The standard InChI is InChI=1S/2C8H16O2.2C3H5.Sn/c2*1-3-5-6-7(4-2)8(9)10;2*1-3-2;/h2*7H,3-6H2,1-2H3,(H,9,10);2*3H,1-2H2;/q;;;;+2/p-2. The number of aliphatic carboxylic acids is 2. The third-order valence-corrected chi connectivity index (χ3v) is 3.46. The average molecular weight is 487 g/mol. The van der Waals surface area contributed by atoms with Crippen LogP contribution in [-0.2, 0) is 9.59 Å². The number of allylic oxidation sites excluding steroid dienone is 2. The molecule has 2 unspecified atom stereocenters. The Balaban J connectivity index is -0.0000000899. The molecule has 156 valence electrons. The second kappa shape index (κ2) is 32.9. The van der Waals surface area contributed by atoms with E-state index in [9.17, 15) is 19.8 Å². The van der Waals surface area contributed by atoms with E-state index in [4.69, 9.17) is 0 Å². The molecule has 0 saturated heterocycles. The number of hydrogen-bond acceptors (Lipinski definition) is 4. The van der Waals surface area contributed by atoms with Crippen LogP contribution >= 0.6 is 0 Å². The van der Waals surface area contributed by atoms with Gasteiger partial charge in [-0.05, 0) is 51.4 Å². The SMILES string of the molecule is CCCCC(CC)C(=O)[O-].CCCCC(CC)C(=O)[O-].[CH2]C=C.[CH2]C=C.[Sn+2]. The summed E-state index contributed by atoms with van der Waals surface area (Å²) in [7, 11) is 0. The molecule has 27 heavy (non-hydrogen) atoms. The van der Waals surface area contributed by atoms with Crippen molar-refractivity contribution in [2.24, 2.45) is 11.8 Å². The molecule has 0 spiro atoms. The van der Waals surface area contributed by atoms with Crippen LogP contribution in [-0.4, -0.2) is 35.8 Å². The number of carbonyl (C=O) groups excluding carboxylic acids is 2. The maximum Gasteiger partial charge on any atom is 2.00 e. The Bertz CT molecular complexity index is 298. The van der Waals surface area contributed by atoms with Gasteiger partial charge < -0.3 is 19.8 Å². The number of carboxylic acids is 2. The minimum Gasteiger partial charge on any atom is -0.550 e. The first kappa shape index (κ1) is 37.0. The summed E-state index contributed by atoms with van der Waals surface area (Å²) in [6.07, 6.45) is 10.0. The molecule has 0 aromatic rings. The molecule has 5 heteroatoms. The first-order valence-electron chi connectivity index (χ1n) is 9.49. The smallest absolute Gasteiger partial charge is 0.550 e. The topological polar surface area (TPSA) is 80.3 Å². The quantitative estimate of drug-likeness (QED) is 0.442. The van der Waals surface area contributed by atoms with E-state index >= 15 is 0 Å². The van der Waals surface area contributed by atoms with Crippen molar-refractivity contribution in [2.45, 2.75) is 79.1 Å². The van der Waals surface area contributed by atoms with Gasteiger partial charge in [0.1, 0.15) is 0 Å². The predicted molar refractivity (Wildman–Crippen MR) is 113 cm³/mol. The number of carbonyl (C=O) groups is 2. The van der Waals surface area contributed by atoms with Crippen molar-refractivity contribution < 1.29 is 19.8 Å². The van der Waals surface area contributed by atoms with Gasteiger partial charge in [-0.3, -0.25) is 0 Å². The van der Waals surface area contributed by atoms with Gasteiger partial charge in [0.2, 0.25) is 0 Å². The van der Waals surface area contributed by atoms with Crippen molar-refractivity contribution in [3.8, 4) is 0 Å². The van der Waals surface area contributed by atoms with E-state index in [0.717, 1.165) is 38.5 Å². The van der Waals surface area contributed by atoms with Gasteiger partial charge in [0, 0.05) is 11.9 Å². The summed E-state index contributed by atoms with van der Waals surface area (Å²) >= 11 is 0. The van der Waals surface area contributed by atoms with Crippen molar-refractivity contribution in [1.82, 2.24) is 0 Å². The Morgan fingerprint density at radius 1 is 0.778 bits per heavy atom. The first-order valence-corrected chi connectivity index (χ1v) is 9.49. The second-order valence-corrected chi connectivity index (χ2v) is 5.71. The minimum absolute atomic E-state index is 0. The summed E-state index contributed by atoms with van der Waals surface area (Å²) in [6.45, 7) is 20.9. The van der Waals surface area contributed by atoms with E-state index in [-0.39, 0.29) is 35.7 Å². The average Bonchev–Trinajstić information content (AvgIpc) is 2.58. The van der Waals surface area contributed by atoms with Gasteiger partial charge in [-0.1, -0.05) is 65.5 Å². The molecule has 0 amide bonds. The molecule has 0 aromatic carbocycles. The van der Waals surface area contributed by atoms with E-state index in [1.807, 2.05) is 13.8 Å². The monoisotopic (exact) mass is 488 g/mol. The minimum atomic E-state index is -0.893. The van der Waals surface area contributed by atoms with Crippen LogP contribution in [0.4, 0.5) is 0 Å². The zero-order valence-corrected chi connectivity index (χ0v) is 20.8. The number of hydrogen-bond donors (Lipinski definition) is 0. The molecule has 0 rings (SSSR count). The fourth-order valence-electron chi connectivity index (χ4n) is 1.88. The summed E-state index contributed by atoms with van der Waals surface area (Å²) in [5, 5.41) is 20.7. The summed E-state index contributed by atoms with van der Waals surface area (Å²) in [4.78, 5) is 20.7. The second-order valence-electron chi connectivity index (χ2n) is 5.71. The predicted octanol–water partition coefficient (Wildman–Crippen LogP) is 3.54. The Morgan fingerprint density at radius 3 is 1.11 bits per heavy atom. The van der Waals surface area contributed by atoms with Crippen LogP contribution in [0.15, 0.2) is 25.3 Å². The van der Waals surface area contributed by atoms with Crippen molar-refractivity contribution >= 4 is 35.8 Å². The van der Waals surface area contributed by atoms with Crippen molar-refractivity contribution in [3.05, 3.63) is 39.2 Å². The van der Waals surface area contributed by atoms with Gasteiger partial charge in [0.05, 0.1) is 0 Å². The van der Waals surface area contributed by atoms with Crippen molar-refractivity contribution in [1.29, 1.82) is 0 Å². The largest absolute Gasteiger partial charge is 2.00 e. The Hall–Kier alpha value is -0.781. The number of unbranched alkanes of at least 4 members (excludes halogenated alkanes) is 2. The van der Waals surface area contributed by atoms with Crippen LogP contribution < -0.4 is 10.2 Å². The number of rotatable bonds is 10. The molecule has 0 aliphatic rings. The van der Waals surface area contributed by atoms with E-state index in [1.54, 1.807) is 0 Å². The summed E-state index contributed by atoms with van der Waals surface area (Å²) in [5.74, 6) is -2.23. The van der Waals surface area contributed by atoms with E-state index in [1.165, 1.54) is 12.2 Å². The fourth-order valence-corrected chi connectivity index (χ4v) is 1.88. The first-order chi connectivity index (χ1) is 12.3. The molecule has 0 heterocycles. The summed E-state index contributed by atoms with van der Waals surface area (Å²) in [5.41, 5.74) is 0. The third-order valence-electron chi connectivity index (χ3n) is 3.46. The van der Waals surface area contributed by atoms with Crippen molar-refractivity contribution in [3.63, 3.8) is 0 Å². The molecule has 2 atom stereocenters. The summed E-state index contributed by atoms with van der Waals surface area (Å²) in [6, 6.07) is 0.